The summed E-state index contributed by atoms with van der Waals surface area (Å²) in [4.78, 5) is 20.3. The Hall–Kier alpha value is -4.16. The normalized spacial score (nSPS) is 11.5. The zero-order chi connectivity index (χ0) is 29.4. The maximum Gasteiger partial charge on any atom is 0.280 e. The van der Waals surface area contributed by atoms with Crippen molar-refractivity contribution in [1.29, 1.82) is 0 Å². The summed E-state index contributed by atoms with van der Waals surface area (Å²) in [6.07, 6.45) is -1.47. The van der Waals surface area contributed by atoms with Gasteiger partial charge in [0.05, 0.1) is 38.8 Å². The SMILES string of the molecule is COc1ccc(Cn2cc(-c3cc(C(F)F)nc(S(=O)(=O)CCCOCc4ccccc4)n3)ccc2=O)cc1OC. The summed E-state index contributed by atoms with van der Waals surface area (Å²) in [5, 5.41) is -0.703. The molecular weight excluding hydrogens is 556 g/mol. The van der Waals surface area contributed by atoms with E-state index in [1.54, 1.807) is 18.2 Å². The molecule has 4 rings (SSSR count). The zero-order valence-electron chi connectivity index (χ0n) is 22.5. The van der Waals surface area contributed by atoms with E-state index in [1.807, 2.05) is 30.3 Å². The summed E-state index contributed by atoms with van der Waals surface area (Å²) >= 11 is 0. The fourth-order valence-corrected chi connectivity index (χ4v) is 5.19. The van der Waals surface area contributed by atoms with Crippen molar-refractivity contribution in [1.82, 2.24) is 14.5 Å². The van der Waals surface area contributed by atoms with Gasteiger partial charge in [0.2, 0.25) is 15.0 Å². The third-order valence-corrected chi connectivity index (χ3v) is 7.69. The Morgan fingerprint density at radius 2 is 1.66 bits per heavy atom. The zero-order valence-corrected chi connectivity index (χ0v) is 23.3. The maximum atomic E-state index is 13.7. The average Bonchev–Trinajstić information content (AvgIpc) is 2.98. The highest BCUT2D eigenvalue weighted by Crippen LogP contribution is 2.28. The molecule has 0 N–H and O–H groups in total. The first-order chi connectivity index (χ1) is 19.7. The van der Waals surface area contributed by atoms with Crippen LogP contribution in [0.3, 0.4) is 0 Å². The van der Waals surface area contributed by atoms with E-state index in [0.29, 0.717) is 18.1 Å². The first-order valence-electron chi connectivity index (χ1n) is 12.6. The largest absolute Gasteiger partial charge is 0.493 e. The number of ether oxygens (including phenoxy) is 3. The minimum Gasteiger partial charge on any atom is -0.493 e. The van der Waals surface area contributed by atoms with Gasteiger partial charge in [0.15, 0.2) is 11.5 Å². The number of rotatable bonds is 13. The number of nitrogens with zero attached hydrogens (tertiary/aromatic N) is 3. The van der Waals surface area contributed by atoms with Crippen LogP contribution in [0.4, 0.5) is 8.78 Å². The van der Waals surface area contributed by atoms with Crippen LogP contribution >= 0.6 is 0 Å². The van der Waals surface area contributed by atoms with Crippen LogP contribution in [-0.2, 0) is 27.7 Å². The van der Waals surface area contributed by atoms with Crippen LogP contribution in [0, 0.1) is 0 Å². The van der Waals surface area contributed by atoms with Crippen LogP contribution in [0.2, 0.25) is 0 Å². The molecule has 0 saturated carbocycles. The van der Waals surface area contributed by atoms with Gasteiger partial charge in [-0.25, -0.2) is 27.2 Å². The van der Waals surface area contributed by atoms with E-state index < -0.39 is 27.1 Å². The van der Waals surface area contributed by atoms with E-state index in [-0.39, 0.29) is 42.1 Å². The molecular formula is C29H29F2N3O6S. The van der Waals surface area contributed by atoms with Gasteiger partial charge in [0, 0.05) is 24.4 Å². The van der Waals surface area contributed by atoms with Crippen LogP contribution in [0.25, 0.3) is 11.3 Å². The van der Waals surface area contributed by atoms with E-state index in [0.717, 1.165) is 17.2 Å². The summed E-state index contributed by atoms with van der Waals surface area (Å²) < 4.78 is 70.9. The van der Waals surface area contributed by atoms with Crippen LogP contribution in [0.5, 0.6) is 11.5 Å². The molecule has 0 aliphatic carbocycles. The molecule has 0 unspecified atom stereocenters. The Bertz CT molecular complexity index is 1650. The fourth-order valence-electron chi connectivity index (χ4n) is 4.03. The van der Waals surface area contributed by atoms with Gasteiger partial charge in [-0.15, -0.1) is 0 Å². The molecule has 9 nitrogen and oxygen atoms in total. The number of halogens is 2. The molecule has 0 aliphatic rings. The Balaban J connectivity index is 1.55. The Labute approximate surface area is 236 Å². The van der Waals surface area contributed by atoms with Gasteiger partial charge < -0.3 is 18.8 Å². The highest BCUT2D eigenvalue weighted by Gasteiger charge is 2.23. The van der Waals surface area contributed by atoms with Crippen LogP contribution < -0.4 is 15.0 Å². The lowest BCUT2D eigenvalue weighted by Gasteiger charge is -2.13. The van der Waals surface area contributed by atoms with E-state index >= 15 is 0 Å². The Kier molecular flexibility index (Phi) is 9.79. The molecule has 2 aromatic carbocycles. The molecule has 12 heteroatoms. The van der Waals surface area contributed by atoms with Crippen molar-refractivity contribution in [2.45, 2.75) is 31.2 Å². The van der Waals surface area contributed by atoms with Crippen molar-refractivity contribution < 1.29 is 31.4 Å². The lowest BCUT2D eigenvalue weighted by molar-refractivity contribution is 0.122. The van der Waals surface area contributed by atoms with Crippen molar-refractivity contribution in [2.75, 3.05) is 26.6 Å². The van der Waals surface area contributed by atoms with Crippen LogP contribution in [0.15, 0.2) is 82.9 Å². The number of benzene rings is 2. The molecule has 0 saturated heterocycles. The van der Waals surface area contributed by atoms with E-state index in [4.69, 9.17) is 14.2 Å². The molecule has 0 aliphatic heterocycles. The standard InChI is InChI=1S/C29H29F2N3O6S/c1-38-25-11-9-21(15-26(25)39-2)17-34-18-22(10-12-27(34)35)23-16-24(28(30)31)33-29(32-23)41(36,37)14-6-13-40-19-20-7-4-3-5-8-20/h3-5,7-12,15-16,18,28H,6,13-14,17,19H2,1-2H3. The number of sulfone groups is 1. The van der Waals surface area contributed by atoms with Gasteiger partial charge in [0.25, 0.3) is 12.0 Å². The lowest BCUT2D eigenvalue weighted by Crippen LogP contribution is -2.19. The molecule has 0 atom stereocenters. The van der Waals surface area contributed by atoms with Gasteiger partial charge in [-0.1, -0.05) is 36.4 Å². The maximum absolute atomic E-state index is 13.7. The second-order valence-corrected chi connectivity index (χ2v) is 11.0. The summed E-state index contributed by atoms with van der Waals surface area (Å²) in [7, 11) is -1.10. The third kappa shape index (κ3) is 7.74. The van der Waals surface area contributed by atoms with Gasteiger partial charge in [-0.05, 0) is 41.8 Å². The van der Waals surface area contributed by atoms with Crippen LogP contribution in [0.1, 0.15) is 29.7 Å². The molecule has 216 valence electrons. The highest BCUT2D eigenvalue weighted by atomic mass is 32.2. The molecule has 2 aromatic heterocycles. The second-order valence-electron chi connectivity index (χ2n) is 9.05. The number of methoxy groups -OCH3 is 2. The Morgan fingerprint density at radius 1 is 0.902 bits per heavy atom. The average molecular weight is 586 g/mol. The molecule has 0 bridgehead atoms. The summed E-state index contributed by atoms with van der Waals surface area (Å²) in [6, 6.07) is 18.3. The monoisotopic (exact) mass is 585 g/mol. The summed E-state index contributed by atoms with van der Waals surface area (Å²) in [6.45, 7) is 0.603. The minimum atomic E-state index is -4.10. The molecule has 0 radical (unpaired) electrons. The molecule has 2 heterocycles. The smallest absolute Gasteiger partial charge is 0.280 e. The number of pyridine rings is 1. The first-order valence-corrected chi connectivity index (χ1v) is 14.3. The van der Waals surface area contributed by atoms with E-state index in [9.17, 15) is 22.0 Å². The van der Waals surface area contributed by atoms with Crippen molar-refractivity contribution >= 4 is 9.84 Å². The predicted molar refractivity (Wildman–Crippen MR) is 148 cm³/mol. The minimum absolute atomic E-state index is 0.0461. The van der Waals surface area contributed by atoms with Crippen molar-refractivity contribution in [3.8, 4) is 22.8 Å². The lowest BCUT2D eigenvalue weighted by atomic mass is 10.1. The van der Waals surface area contributed by atoms with Crippen molar-refractivity contribution in [3.05, 3.63) is 100 Å². The molecule has 4 aromatic rings. The fraction of sp³-hybridized carbons (Fsp3) is 0.276. The van der Waals surface area contributed by atoms with Gasteiger partial charge >= 0.3 is 0 Å². The van der Waals surface area contributed by atoms with Crippen molar-refractivity contribution in [3.63, 3.8) is 0 Å². The number of aromatic nitrogens is 3. The number of hydrogen-bond acceptors (Lipinski definition) is 8. The van der Waals surface area contributed by atoms with Gasteiger partial charge in [-0.3, -0.25) is 4.79 Å². The second kappa shape index (κ2) is 13.5. The number of hydrogen-bond donors (Lipinski definition) is 0. The van der Waals surface area contributed by atoms with Crippen molar-refractivity contribution in [2.24, 2.45) is 0 Å². The van der Waals surface area contributed by atoms with E-state index in [2.05, 4.69) is 9.97 Å². The molecule has 41 heavy (non-hydrogen) atoms. The molecule has 0 spiro atoms. The predicted octanol–water partition coefficient (Wildman–Crippen LogP) is 4.69. The topological polar surface area (TPSA) is 110 Å². The quantitative estimate of drug-likeness (QED) is 0.164. The first kappa shape index (κ1) is 29.8. The van der Waals surface area contributed by atoms with Gasteiger partial charge in [-0.2, -0.15) is 0 Å². The molecule has 0 amide bonds. The summed E-state index contributed by atoms with van der Waals surface area (Å²) in [5.74, 6) is 0.619. The molecule has 0 fully saturated rings. The highest BCUT2D eigenvalue weighted by molar-refractivity contribution is 7.91. The number of alkyl halides is 2. The van der Waals surface area contributed by atoms with Gasteiger partial charge in [0.1, 0.15) is 5.69 Å². The van der Waals surface area contributed by atoms with Crippen LogP contribution in [-0.4, -0.2) is 49.5 Å². The Morgan fingerprint density at radius 3 is 2.37 bits per heavy atom. The van der Waals surface area contributed by atoms with E-state index in [1.165, 1.54) is 37.1 Å². The third-order valence-electron chi connectivity index (χ3n) is 6.12. The summed E-state index contributed by atoms with van der Waals surface area (Å²) in [5.41, 5.74) is 0.810.